The summed E-state index contributed by atoms with van der Waals surface area (Å²) < 4.78 is 0. The zero-order chi connectivity index (χ0) is 20.6. The summed E-state index contributed by atoms with van der Waals surface area (Å²) in [6, 6.07) is 14.1. The Balaban J connectivity index is 1.54. The van der Waals surface area contributed by atoms with Gasteiger partial charge in [0, 0.05) is 49.2 Å². The van der Waals surface area contributed by atoms with Gasteiger partial charge in [-0.25, -0.2) is 0 Å². The highest BCUT2D eigenvalue weighted by Gasteiger charge is 2.19. The van der Waals surface area contributed by atoms with E-state index >= 15 is 0 Å². The topological polar surface area (TPSA) is 78.7 Å². The van der Waals surface area contributed by atoms with Gasteiger partial charge in [-0.05, 0) is 44.3 Å². The van der Waals surface area contributed by atoms with E-state index in [1.54, 1.807) is 12.1 Å². The standard InChI is InChI=1S/C21H26N4O3S/c1-23-12-14-24(15-13-23)11-5-10-22-21(26)17-8-9-20(19(16-17)25(27)28)29-18-6-3-2-4-7-18/h2-4,6-9,16H,5,10-15H2,1H3,(H,22,26). The predicted molar refractivity (Wildman–Crippen MR) is 115 cm³/mol. The molecular weight excluding hydrogens is 388 g/mol. The molecule has 0 aliphatic carbocycles. The van der Waals surface area contributed by atoms with Crippen molar-refractivity contribution in [3.8, 4) is 0 Å². The largest absolute Gasteiger partial charge is 0.352 e. The molecule has 1 fully saturated rings. The molecule has 8 heteroatoms. The van der Waals surface area contributed by atoms with E-state index in [1.807, 2.05) is 30.3 Å². The molecule has 1 saturated heterocycles. The molecule has 0 unspecified atom stereocenters. The lowest BCUT2D eigenvalue weighted by Crippen LogP contribution is -2.45. The van der Waals surface area contributed by atoms with Crippen molar-refractivity contribution in [1.29, 1.82) is 0 Å². The number of carbonyl (C=O) groups is 1. The van der Waals surface area contributed by atoms with E-state index < -0.39 is 4.92 Å². The van der Waals surface area contributed by atoms with Crippen molar-refractivity contribution in [2.24, 2.45) is 0 Å². The Hall–Kier alpha value is -2.42. The van der Waals surface area contributed by atoms with Gasteiger partial charge < -0.3 is 15.1 Å². The summed E-state index contributed by atoms with van der Waals surface area (Å²) in [4.78, 5) is 29.6. The third-order valence-electron chi connectivity index (χ3n) is 4.92. The minimum absolute atomic E-state index is 0.0519. The number of likely N-dealkylation sites (N-methyl/N-ethyl adjacent to an activating group) is 1. The Morgan fingerprint density at radius 2 is 1.86 bits per heavy atom. The van der Waals surface area contributed by atoms with Gasteiger partial charge in [-0.3, -0.25) is 14.9 Å². The number of nitro benzene ring substituents is 1. The lowest BCUT2D eigenvalue weighted by atomic mass is 10.2. The number of benzene rings is 2. The summed E-state index contributed by atoms with van der Waals surface area (Å²) in [5, 5.41) is 14.4. The van der Waals surface area contributed by atoms with Crippen LogP contribution < -0.4 is 5.32 Å². The SMILES string of the molecule is CN1CCN(CCCNC(=O)c2ccc(Sc3ccccc3)c([N+](=O)[O-])c2)CC1. The van der Waals surface area contributed by atoms with Crippen molar-refractivity contribution in [2.75, 3.05) is 46.3 Å². The van der Waals surface area contributed by atoms with Gasteiger partial charge in [0.1, 0.15) is 0 Å². The number of hydrogen-bond acceptors (Lipinski definition) is 6. The first-order valence-corrected chi connectivity index (χ1v) is 10.5. The molecule has 3 rings (SSSR count). The van der Waals surface area contributed by atoms with Crippen LogP contribution in [0.3, 0.4) is 0 Å². The highest BCUT2D eigenvalue weighted by molar-refractivity contribution is 7.99. The number of amides is 1. The number of nitro groups is 1. The fourth-order valence-corrected chi connectivity index (χ4v) is 4.10. The zero-order valence-corrected chi connectivity index (χ0v) is 17.4. The molecule has 0 bridgehead atoms. The summed E-state index contributed by atoms with van der Waals surface area (Å²) in [5.41, 5.74) is 0.262. The number of piperazine rings is 1. The monoisotopic (exact) mass is 414 g/mol. The number of rotatable bonds is 8. The fourth-order valence-electron chi connectivity index (χ4n) is 3.18. The Kier molecular flexibility index (Phi) is 7.62. The molecule has 2 aromatic rings. The molecule has 0 radical (unpaired) electrons. The molecule has 1 amide bonds. The number of hydrogen-bond donors (Lipinski definition) is 1. The molecule has 0 atom stereocenters. The van der Waals surface area contributed by atoms with Gasteiger partial charge in [0.05, 0.1) is 9.82 Å². The molecule has 29 heavy (non-hydrogen) atoms. The third kappa shape index (κ3) is 6.28. The second-order valence-electron chi connectivity index (χ2n) is 7.11. The van der Waals surface area contributed by atoms with Crippen molar-refractivity contribution in [2.45, 2.75) is 16.2 Å². The first-order valence-electron chi connectivity index (χ1n) is 9.73. The summed E-state index contributed by atoms with van der Waals surface area (Å²) >= 11 is 1.32. The maximum Gasteiger partial charge on any atom is 0.284 e. The maximum atomic E-state index is 12.4. The van der Waals surface area contributed by atoms with Crippen molar-refractivity contribution in [3.63, 3.8) is 0 Å². The first kappa shape index (κ1) is 21.3. The van der Waals surface area contributed by atoms with Gasteiger partial charge in [0.15, 0.2) is 0 Å². The Bertz CT molecular complexity index is 839. The van der Waals surface area contributed by atoms with Crippen LogP contribution in [0.5, 0.6) is 0 Å². The van der Waals surface area contributed by atoms with Crippen LogP contribution >= 0.6 is 11.8 Å². The van der Waals surface area contributed by atoms with E-state index in [1.165, 1.54) is 17.8 Å². The summed E-state index contributed by atoms with van der Waals surface area (Å²) in [6.07, 6.45) is 0.861. The molecule has 1 N–H and O–H groups in total. The van der Waals surface area contributed by atoms with E-state index in [4.69, 9.17) is 0 Å². The average Bonchev–Trinajstić information content (AvgIpc) is 2.73. The van der Waals surface area contributed by atoms with Crippen molar-refractivity contribution >= 4 is 23.4 Å². The normalized spacial score (nSPS) is 15.2. The number of carbonyl (C=O) groups excluding carboxylic acids is 1. The van der Waals surface area contributed by atoms with E-state index in [-0.39, 0.29) is 11.6 Å². The molecule has 154 valence electrons. The van der Waals surface area contributed by atoms with Crippen LogP contribution in [0.2, 0.25) is 0 Å². The van der Waals surface area contributed by atoms with Gasteiger partial charge >= 0.3 is 0 Å². The summed E-state index contributed by atoms with van der Waals surface area (Å²) in [7, 11) is 2.13. The molecule has 1 aliphatic heterocycles. The van der Waals surface area contributed by atoms with Crippen molar-refractivity contribution in [3.05, 3.63) is 64.2 Å². The van der Waals surface area contributed by atoms with Gasteiger partial charge in [-0.2, -0.15) is 0 Å². The Labute approximate surface area is 175 Å². The zero-order valence-electron chi connectivity index (χ0n) is 16.5. The van der Waals surface area contributed by atoms with Crippen LogP contribution in [0.4, 0.5) is 5.69 Å². The maximum absolute atomic E-state index is 12.4. The van der Waals surface area contributed by atoms with E-state index in [9.17, 15) is 14.9 Å². The highest BCUT2D eigenvalue weighted by Crippen LogP contribution is 2.35. The minimum Gasteiger partial charge on any atom is -0.352 e. The number of nitrogens with one attached hydrogen (secondary N) is 1. The average molecular weight is 415 g/mol. The quantitative estimate of drug-likeness (QED) is 0.406. The molecule has 0 spiro atoms. The number of nitrogens with zero attached hydrogens (tertiary/aromatic N) is 3. The molecule has 0 aromatic heterocycles. The molecular formula is C21H26N4O3S. The lowest BCUT2D eigenvalue weighted by Gasteiger charge is -2.32. The van der Waals surface area contributed by atoms with Gasteiger partial charge in [0.25, 0.3) is 11.6 Å². The van der Waals surface area contributed by atoms with Crippen LogP contribution in [0.15, 0.2) is 58.3 Å². The van der Waals surface area contributed by atoms with Gasteiger partial charge in [-0.1, -0.05) is 30.0 Å². The van der Waals surface area contributed by atoms with Crippen molar-refractivity contribution < 1.29 is 9.72 Å². The molecule has 1 aliphatic rings. The third-order valence-corrected chi connectivity index (χ3v) is 5.99. The summed E-state index contributed by atoms with van der Waals surface area (Å²) in [5.74, 6) is -0.275. The van der Waals surface area contributed by atoms with Crippen molar-refractivity contribution in [1.82, 2.24) is 15.1 Å². The van der Waals surface area contributed by atoms with Crippen LogP contribution in [0.25, 0.3) is 0 Å². The van der Waals surface area contributed by atoms with Gasteiger partial charge in [-0.15, -0.1) is 0 Å². The smallest absolute Gasteiger partial charge is 0.284 e. The predicted octanol–water partition coefficient (Wildman–Crippen LogP) is 3.11. The van der Waals surface area contributed by atoms with Crippen LogP contribution in [-0.4, -0.2) is 66.9 Å². The van der Waals surface area contributed by atoms with Gasteiger partial charge in [0.2, 0.25) is 0 Å². The Morgan fingerprint density at radius 3 is 2.55 bits per heavy atom. The van der Waals surface area contributed by atoms with Crippen LogP contribution in [-0.2, 0) is 0 Å². The molecule has 1 heterocycles. The second kappa shape index (κ2) is 10.4. The summed E-state index contributed by atoms with van der Waals surface area (Å²) in [6.45, 7) is 5.75. The Morgan fingerprint density at radius 1 is 1.14 bits per heavy atom. The molecule has 0 saturated carbocycles. The highest BCUT2D eigenvalue weighted by atomic mass is 32.2. The first-order chi connectivity index (χ1) is 14.0. The molecule has 2 aromatic carbocycles. The minimum atomic E-state index is -0.435. The van der Waals surface area contributed by atoms with Crippen LogP contribution in [0, 0.1) is 10.1 Å². The van der Waals surface area contributed by atoms with Crippen LogP contribution in [0.1, 0.15) is 16.8 Å². The van der Waals surface area contributed by atoms with E-state index in [0.717, 1.165) is 44.0 Å². The lowest BCUT2D eigenvalue weighted by molar-refractivity contribution is -0.387. The second-order valence-corrected chi connectivity index (χ2v) is 8.22. The van der Waals surface area contributed by atoms with E-state index in [0.29, 0.717) is 17.0 Å². The van der Waals surface area contributed by atoms with E-state index in [2.05, 4.69) is 22.2 Å². The fraction of sp³-hybridized carbons (Fsp3) is 0.381. The molecule has 7 nitrogen and oxygen atoms in total.